The second-order valence-corrected chi connectivity index (χ2v) is 4.78. The summed E-state index contributed by atoms with van der Waals surface area (Å²) >= 11 is 0. The van der Waals surface area contributed by atoms with E-state index in [0.717, 1.165) is 19.6 Å². The van der Waals surface area contributed by atoms with Gasteiger partial charge in [-0.1, -0.05) is 25.5 Å². The first-order chi connectivity index (χ1) is 8.86. The Kier molecular flexibility index (Phi) is 8.32. The maximum atomic E-state index is 5.04. The molecule has 2 nitrogen and oxygen atoms in total. The van der Waals surface area contributed by atoms with E-state index in [1.807, 2.05) is 0 Å². The molecule has 18 heavy (non-hydrogen) atoms. The minimum Gasteiger partial charge on any atom is -0.385 e. The third-order valence-corrected chi connectivity index (χ3v) is 3.10. The molecule has 0 unspecified atom stereocenters. The van der Waals surface area contributed by atoms with Gasteiger partial charge in [-0.15, -0.1) is 0 Å². The van der Waals surface area contributed by atoms with Gasteiger partial charge in [0.1, 0.15) is 0 Å². The number of benzene rings is 1. The molecule has 0 saturated carbocycles. The van der Waals surface area contributed by atoms with E-state index in [2.05, 4.69) is 36.5 Å². The number of aryl methyl sites for hydroxylation is 1. The maximum Gasteiger partial charge on any atom is 0.0462 e. The second kappa shape index (κ2) is 9.95. The van der Waals surface area contributed by atoms with E-state index in [4.69, 9.17) is 4.74 Å². The number of hydrogen-bond donors (Lipinski definition) is 1. The van der Waals surface area contributed by atoms with E-state index >= 15 is 0 Å². The molecule has 2 heteroatoms. The topological polar surface area (TPSA) is 21.3 Å². The summed E-state index contributed by atoms with van der Waals surface area (Å²) in [6, 6.07) is 8.81. The number of methoxy groups -OCH3 is 1. The van der Waals surface area contributed by atoms with Crippen LogP contribution in [-0.4, -0.2) is 20.3 Å². The SMILES string of the molecule is CCCCc1cccc(NCCCCCOC)c1. The fourth-order valence-electron chi connectivity index (χ4n) is 2.00. The van der Waals surface area contributed by atoms with Crippen LogP contribution in [0.25, 0.3) is 0 Å². The van der Waals surface area contributed by atoms with Crippen LogP contribution >= 0.6 is 0 Å². The molecule has 0 bridgehead atoms. The Morgan fingerprint density at radius 1 is 1.11 bits per heavy atom. The molecule has 0 aliphatic rings. The van der Waals surface area contributed by atoms with Crippen LogP contribution in [0.5, 0.6) is 0 Å². The van der Waals surface area contributed by atoms with Crippen LogP contribution in [0.4, 0.5) is 5.69 Å². The zero-order valence-electron chi connectivity index (χ0n) is 11.9. The molecule has 0 aliphatic carbocycles. The molecule has 102 valence electrons. The Labute approximate surface area is 112 Å². The van der Waals surface area contributed by atoms with Gasteiger partial charge in [0.05, 0.1) is 0 Å². The van der Waals surface area contributed by atoms with Crippen molar-refractivity contribution >= 4 is 5.69 Å². The minimum absolute atomic E-state index is 0.881. The number of hydrogen-bond acceptors (Lipinski definition) is 2. The van der Waals surface area contributed by atoms with Gasteiger partial charge in [0, 0.05) is 25.9 Å². The Morgan fingerprint density at radius 2 is 2.00 bits per heavy atom. The van der Waals surface area contributed by atoms with Crippen LogP contribution in [0.2, 0.25) is 0 Å². The smallest absolute Gasteiger partial charge is 0.0462 e. The van der Waals surface area contributed by atoms with E-state index in [0.29, 0.717) is 0 Å². The Bertz CT molecular complexity index is 312. The fraction of sp³-hybridized carbons (Fsp3) is 0.625. The van der Waals surface area contributed by atoms with Crippen molar-refractivity contribution in [3.05, 3.63) is 29.8 Å². The standard InChI is InChI=1S/C16H27NO/c1-3-4-9-15-10-8-11-16(14-15)17-12-6-5-7-13-18-2/h8,10-11,14,17H,3-7,9,12-13H2,1-2H3. The number of rotatable bonds is 10. The summed E-state index contributed by atoms with van der Waals surface area (Å²) in [5.74, 6) is 0. The number of anilines is 1. The lowest BCUT2D eigenvalue weighted by Crippen LogP contribution is -2.02. The molecule has 1 rings (SSSR count). The molecule has 0 saturated heterocycles. The molecule has 0 aromatic heterocycles. The zero-order valence-corrected chi connectivity index (χ0v) is 11.9. The lowest BCUT2D eigenvalue weighted by atomic mass is 10.1. The summed E-state index contributed by atoms with van der Waals surface area (Å²) in [6.45, 7) is 4.18. The monoisotopic (exact) mass is 249 g/mol. The summed E-state index contributed by atoms with van der Waals surface area (Å²) in [5, 5.41) is 3.50. The highest BCUT2D eigenvalue weighted by atomic mass is 16.5. The van der Waals surface area contributed by atoms with Gasteiger partial charge in [-0.05, 0) is 49.8 Å². The Hall–Kier alpha value is -1.02. The van der Waals surface area contributed by atoms with Gasteiger partial charge in [0.2, 0.25) is 0 Å². The number of ether oxygens (including phenoxy) is 1. The molecular formula is C16H27NO. The highest BCUT2D eigenvalue weighted by molar-refractivity contribution is 5.45. The Balaban J connectivity index is 2.20. The van der Waals surface area contributed by atoms with Crippen molar-refractivity contribution in [3.63, 3.8) is 0 Å². The van der Waals surface area contributed by atoms with Gasteiger partial charge in [0.15, 0.2) is 0 Å². The third kappa shape index (κ3) is 6.65. The van der Waals surface area contributed by atoms with Gasteiger partial charge in [-0.3, -0.25) is 0 Å². The minimum atomic E-state index is 0.881. The van der Waals surface area contributed by atoms with Crippen LogP contribution < -0.4 is 5.32 Å². The maximum absolute atomic E-state index is 5.04. The first kappa shape index (κ1) is 15.0. The van der Waals surface area contributed by atoms with Gasteiger partial charge in [-0.25, -0.2) is 0 Å². The van der Waals surface area contributed by atoms with E-state index in [9.17, 15) is 0 Å². The predicted octanol–water partition coefficient (Wildman–Crippen LogP) is 4.26. The normalized spacial score (nSPS) is 10.6. The van der Waals surface area contributed by atoms with Crippen molar-refractivity contribution in [1.82, 2.24) is 0 Å². The predicted molar refractivity (Wildman–Crippen MR) is 79.3 cm³/mol. The van der Waals surface area contributed by atoms with Gasteiger partial charge in [-0.2, -0.15) is 0 Å². The number of unbranched alkanes of at least 4 members (excludes halogenated alkanes) is 3. The summed E-state index contributed by atoms with van der Waals surface area (Å²) < 4.78 is 5.04. The second-order valence-electron chi connectivity index (χ2n) is 4.78. The van der Waals surface area contributed by atoms with Gasteiger partial charge < -0.3 is 10.1 Å². The van der Waals surface area contributed by atoms with Crippen LogP contribution in [0.1, 0.15) is 44.6 Å². The average molecular weight is 249 g/mol. The molecular weight excluding hydrogens is 222 g/mol. The summed E-state index contributed by atoms with van der Waals surface area (Å²) in [7, 11) is 1.76. The van der Waals surface area contributed by atoms with Crippen molar-refractivity contribution in [2.24, 2.45) is 0 Å². The van der Waals surface area contributed by atoms with Crippen molar-refractivity contribution in [1.29, 1.82) is 0 Å². The van der Waals surface area contributed by atoms with Crippen molar-refractivity contribution in [3.8, 4) is 0 Å². The van der Waals surface area contributed by atoms with Gasteiger partial charge in [0.25, 0.3) is 0 Å². The zero-order chi connectivity index (χ0) is 13.1. The molecule has 0 fully saturated rings. The molecule has 1 aromatic carbocycles. The molecule has 0 aliphatic heterocycles. The number of nitrogens with one attached hydrogen (secondary N) is 1. The lowest BCUT2D eigenvalue weighted by Gasteiger charge is -2.08. The van der Waals surface area contributed by atoms with Crippen LogP contribution in [0.15, 0.2) is 24.3 Å². The van der Waals surface area contributed by atoms with E-state index in [1.54, 1.807) is 7.11 Å². The molecule has 1 N–H and O–H groups in total. The van der Waals surface area contributed by atoms with Crippen LogP contribution in [-0.2, 0) is 11.2 Å². The average Bonchev–Trinajstić information content (AvgIpc) is 2.41. The third-order valence-electron chi connectivity index (χ3n) is 3.10. The summed E-state index contributed by atoms with van der Waals surface area (Å²) in [5.41, 5.74) is 2.71. The quantitative estimate of drug-likeness (QED) is 0.626. The summed E-state index contributed by atoms with van der Waals surface area (Å²) in [6.07, 6.45) is 7.34. The molecule has 0 radical (unpaired) electrons. The largest absolute Gasteiger partial charge is 0.385 e. The fourth-order valence-corrected chi connectivity index (χ4v) is 2.00. The van der Waals surface area contributed by atoms with E-state index in [-0.39, 0.29) is 0 Å². The van der Waals surface area contributed by atoms with Crippen LogP contribution in [0, 0.1) is 0 Å². The highest BCUT2D eigenvalue weighted by Crippen LogP contribution is 2.13. The first-order valence-corrected chi connectivity index (χ1v) is 7.18. The van der Waals surface area contributed by atoms with Crippen molar-refractivity contribution in [2.75, 3.05) is 25.6 Å². The highest BCUT2D eigenvalue weighted by Gasteiger charge is 1.96. The first-order valence-electron chi connectivity index (χ1n) is 7.18. The molecule has 1 aromatic rings. The summed E-state index contributed by atoms with van der Waals surface area (Å²) in [4.78, 5) is 0. The molecule has 0 spiro atoms. The van der Waals surface area contributed by atoms with E-state index in [1.165, 1.54) is 43.4 Å². The molecule has 0 atom stereocenters. The van der Waals surface area contributed by atoms with Crippen molar-refractivity contribution in [2.45, 2.75) is 45.4 Å². The van der Waals surface area contributed by atoms with Gasteiger partial charge >= 0.3 is 0 Å². The molecule has 0 heterocycles. The Morgan fingerprint density at radius 3 is 2.78 bits per heavy atom. The van der Waals surface area contributed by atoms with Crippen molar-refractivity contribution < 1.29 is 4.74 Å². The molecule has 0 amide bonds. The van der Waals surface area contributed by atoms with Crippen LogP contribution in [0.3, 0.4) is 0 Å². The van der Waals surface area contributed by atoms with E-state index < -0.39 is 0 Å². The lowest BCUT2D eigenvalue weighted by molar-refractivity contribution is 0.192.